The van der Waals surface area contributed by atoms with Crippen LogP contribution in [0.2, 0.25) is 0 Å². The third kappa shape index (κ3) is 1.66. The molecule has 1 aromatic carbocycles. The van der Waals surface area contributed by atoms with Crippen LogP contribution in [0.1, 0.15) is 25.7 Å². The fourth-order valence-electron chi connectivity index (χ4n) is 3.67. The Kier molecular flexibility index (Phi) is 2.52. The van der Waals surface area contributed by atoms with E-state index in [1.54, 1.807) is 0 Å². The van der Waals surface area contributed by atoms with Gasteiger partial charge in [0.15, 0.2) is 5.82 Å². The van der Waals surface area contributed by atoms with E-state index in [-0.39, 0.29) is 5.54 Å². The van der Waals surface area contributed by atoms with E-state index in [4.69, 9.17) is 4.74 Å². The van der Waals surface area contributed by atoms with E-state index in [9.17, 15) is 0 Å². The van der Waals surface area contributed by atoms with Crippen LogP contribution in [0, 0.1) is 0 Å². The van der Waals surface area contributed by atoms with Crippen LogP contribution in [0.5, 0.6) is 0 Å². The zero-order chi connectivity index (χ0) is 12.7. The minimum Gasteiger partial charge on any atom is -0.379 e. The number of anilines is 1. The lowest BCUT2D eigenvalue weighted by molar-refractivity contribution is 0.0397. The minimum absolute atomic E-state index is 0.191. The van der Waals surface area contributed by atoms with E-state index in [1.165, 1.54) is 31.1 Å². The van der Waals surface area contributed by atoms with Crippen molar-refractivity contribution in [2.75, 3.05) is 24.7 Å². The SMILES string of the molecule is c1ccc2c(N3CCCC34CCCOC4)n[nH]c2c1. The second-order valence-electron chi connectivity index (χ2n) is 5.73. The molecule has 0 bridgehead atoms. The van der Waals surface area contributed by atoms with Crippen molar-refractivity contribution < 1.29 is 4.74 Å². The first-order valence-electron chi connectivity index (χ1n) is 7.18. The highest BCUT2D eigenvalue weighted by atomic mass is 16.5. The second-order valence-corrected chi connectivity index (χ2v) is 5.73. The summed E-state index contributed by atoms with van der Waals surface area (Å²) in [7, 11) is 0. The van der Waals surface area contributed by atoms with Gasteiger partial charge in [-0.1, -0.05) is 12.1 Å². The molecule has 4 heteroatoms. The monoisotopic (exact) mass is 257 g/mol. The lowest BCUT2D eigenvalue weighted by Gasteiger charge is -2.41. The number of H-pyrrole nitrogens is 1. The summed E-state index contributed by atoms with van der Waals surface area (Å²) < 4.78 is 5.77. The molecule has 2 aromatic rings. The van der Waals surface area contributed by atoms with Crippen molar-refractivity contribution in [3.63, 3.8) is 0 Å². The van der Waals surface area contributed by atoms with Gasteiger partial charge in [-0.25, -0.2) is 0 Å². The van der Waals surface area contributed by atoms with Crippen LogP contribution >= 0.6 is 0 Å². The number of aromatic amines is 1. The van der Waals surface area contributed by atoms with Gasteiger partial charge in [0.1, 0.15) is 0 Å². The molecule has 4 rings (SSSR count). The van der Waals surface area contributed by atoms with Crippen molar-refractivity contribution in [1.82, 2.24) is 10.2 Å². The quantitative estimate of drug-likeness (QED) is 0.854. The van der Waals surface area contributed by atoms with Gasteiger partial charge in [-0.2, -0.15) is 5.10 Å². The van der Waals surface area contributed by atoms with E-state index in [0.29, 0.717) is 0 Å². The van der Waals surface area contributed by atoms with Crippen molar-refractivity contribution in [3.05, 3.63) is 24.3 Å². The Morgan fingerprint density at radius 3 is 3.00 bits per heavy atom. The molecule has 1 aromatic heterocycles. The van der Waals surface area contributed by atoms with Crippen LogP contribution in [0.4, 0.5) is 5.82 Å². The summed E-state index contributed by atoms with van der Waals surface area (Å²) in [6.07, 6.45) is 4.87. The van der Waals surface area contributed by atoms with Crippen molar-refractivity contribution in [3.8, 4) is 0 Å². The average Bonchev–Trinajstić information content (AvgIpc) is 3.04. The van der Waals surface area contributed by atoms with Crippen LogP contribution in [0.3, 0.4) is 0 Å². The summed E-state index contributed by atoms with van der Waals surface area (Å²) in [5.41, 5.74) is 1.31. The molecule has 0 aliphatic carbocycles. The number of ether oxygens (including phenoxy) is 1. The Labute approximate surface area is 112 Å². The van der Waals surface area contributed by atoms with Gasteiger partial charge >= 0.3 is 0 Å². The number of aromatic nitrogens is 2. The Morgan fingerprint density at radius 2 is 2.11 bits per heavy atom. The molecule has 2 saturated heterocycles. The summed E-state index contributed by atoms with van der Waals surface area (Å²) in [6, 6.07) is 8.38. The largest absolute Gasteiger partial charge is 0.379 e. The highest BCUT2D eigenvalue weighted by Crippen LogP contribution is 2.41. The van der Waals surface area contributed by atoms with Crippen LogP contribution in [-0.2, 0) is 4.74 Å². The second kappa shape index (κ2) is 4.23. The van der Waals surface area contributed by atoms with Crippen molar-refractivity contribution in [1.29, 1.82) is 0 Å². The molecule has 19 heavy (non-hydrogen) atoms. The van der Waals surface area contributed by atoms with Crippen LogP contribution in [0.15, 0.2) is 24.3 Å². The smallest absolute Gasteiger partial charge is 0.158 e. The molecule has 2 aliphatic heterocycles. The van der Waals surface area contributed by atoms with Gasteiger partial charge in [-0.15, -0.1) is 0 Å². The van der Waals surface area contributed by atoms with E-state index >= 15 is 0 Å². The predicted octanol–water partition coefficient (Wildman–Crippen LogP) is 2.71. The zero-order valence-electron chi connectivity index (χ0n) is 11.1. The number of nitrogens with one attached hydrogen (secondary N) is 1. The first-order chi connectivity index (χ1) is 9.39. The van der Waals surface area contributed by atoms with E-state index in [2.05, 4.69) is 33.3 Å². The first kappa shape index (κ1) is 11.3. The van der Waals surface area contributed by atoms with Crippen molar-refractivity contribution >= 4 is 16.7 Å². The van der Waals surface area contributed by atoms with Crippen LogP contribution < -0.4 is 4.90 Å². The molecule has 0 saturated carbocycles. The van der Waals surface area contributed by atoms with Crippen LogP contribution in [0.25, 0.3) is 10.9 Å². The van der Waals surface area contributed by atoms with Gasteiger partial charge in [-0.3, -0.25) is 5.10 Å². The Balaban J connectivity index is 1.78. The summed E-state index contributed by atoms with van der Waals surface area (Å²) in [5, 5.41) is 8.96. The Hall–Kier alpha value is -1.55. The van der Waals surface area contributed by atoms with Gasteiger partial charge in [0.2, 0.25) is 0 Å². The molecule has 1 spiro atoms. The van der Waals surface area contributed by atoms with E-state index in [0.717, 1.165) is 31.1 Å². The molecule has 1 atom stereocenters. The topological polar surface area (TPSA) is 41.1 Å². The maximum Gasteiger partial charge on any atom is 0.158 e. The molecule has 1 N–H and O–H groups in total. The maximum atomic E-state index is 5.77. The third-order valence-electron chi connectivity index (χ3n) is 4.60. The van der Waals surface area contributed by atoms with Gasteiger partial charge < -0.3 is 9.64 Å². The lowest BCUT2D eigenvalue weighted by Crippen LogP contribution is -2.50. The zero-order valence-corrected chi connectivity index (χ0v) is 11.1. The molecule has 1 unspecified atom stereocenters. The highest BCUT2D eigenvalue weighted by Gasteiger charge is 2.43. The molecule has 0 radical (unpaired) electrons. The number of hydrogen-bond donors (Lipinski definition) is 1. The summed E-state index contributed by atoms with van der Waals surface area (Å²) in [5.74, 6) is 1.11. The summed E-state index contributed by atoms with van der Waals surface area (Å²) in [4.78, 5) is 2.49. The molecule has 3 heterocycles. The molecule has 2 fully saturated rings. The molecular weight excluding hydrogens is 238 g/mol. The van der Waals surface area contributed by atoms with Gasteiger partial charge in [-0.05, 0) is 37.8 Å². The van der Waals surface area contributed by atoms with Crippen molar-refractivity contribution in [2.24, 2.45) is 0 Å². The van der Waals surface area contributed by atoms with Gasteiger partial charge in [0.25, 0.3) is 0 Å². The Bertz CT molecular complexity index is 586. The third-order valence-corrected chi connectivity index (χ3v) is 4.60. The van der Waals surface area contributed by atoms with Gasteiger partial charge in [0, 0.05) is 18.5 Å². The molecule has 100 valence electrons. The fraction of sp³-hybridized carbons (Fsp3) is 0.533. The van der Waals surface area contributed by atoms with E-state index < -0.39 is 0 Å². The normalized spacial score (nSPS) is 27.5. The Morgan fingerprint density at radius 1 is 1.21 bits per heavy atom. The van der Waals surface area contributed by atoms with Gasteiger partial charge in [0.05, 0.1) is 17.7 Å². The van der Waals surface area contributed by atoms with Crippen LogP contribution in [-0.4, -0.2) is 35.5 Å². The van der Waals surface area contributed by atoms with E-state index in [1.807, 2.05) is 6.07 Å². The maximum absolute atomic E-state index is 5.77. The number of fused-ring (bicyclic) bond motifs is 1. The van der Waals surface area contributed by atoms with Crippen molar-refractivity contribution in [2.45, 2.75) is 31.2 Å². The molecule has 0 amide bonds. The minimum atomic E-state index is 0.191. The number of benzene rings is 1. The number of hydrogen-bond acceptors (Lipinski definition) is 3. The predicted molar refractivity (Wildman–Crippen MR) is 75.5 cm³/mol. The first-order valence-corrected chi connectivity index (χ1v) is 7.18. The standard InChI is InChI=1S/C15H19N3O/c1-2-6-13-12(5-1)14(17-16-13)18-9-3-7-15(18)8-4-10-19-11-15/h1-2,5-6H,3-4,7-11H2,(H,16,17). The summed E-state index contributed by atoms with van der Waals surface area (Å²) in [6.45, 7) is 2.86. The number of rotatable bonds is 1. The molecule has 2 aliphatic rings. The summed E-state index contributed by atoms with van der Waals surface area (Å²) >= 11 is 0. The number of para-hydroxylation sites is 1. The molecular formula is C15H19N3O. The fourth-order valence-corrected chi connectivity index (χ4v) is 3.67. The highest BCUT2D eigenvalue weighted by molar-refractivity contribution is 5.90. The molecule has 4 nitrogen and oxygen atoms in total. The lowest BCUT2D eigenvalue weighted by atomic mass is 9.89. The number of nitrogens with zero attached hydrogens (tertiary/aromatic N) is 2. The average molecular weight is 257 g/mol.